The molecule has 1 amide bonds. The molecule has 0 saturated carbocycles. The number of amides is 1. The van der Waals surface area contributed by atoms with Crippen molar-refractivity contribution < 1.29 is 27.8 Å². The summed E-state index contributed by atoms with van der Waals surface area (Å²) in [5.41, 5.74) is 3.53. The number of phenols is 1. The van der Waals surface area contributed by atoms with Crippen LogP contribution in [-0.4, -0.2) is 44.4 Å². The molecule has 0 fully saturated rings. The van der Waals surface area contributed by atoms with Gasteiger partial charge in [0.2, 0.25) is 5.82 Å². The number of hydrogen-bond donors (Lipinski definition) is 3. The summed E-state index contributed by atoms with van der Waals surface area (Å²) in [4.78, 5) is 13.2. The average Bonchev–Trinajstić information content (AvgIpc) is 3.35. The maximum atomic E-state index is 13.2. The predicted octanol–water partition coefficient (Wildman–Crippen LogP) is 4.36. The molecular formula is C24H24F3N5O3. The van der Waals surface area contributed by atoms with Gasteiger partial charge in [0.15, 0.2) is 0 Å². The van der Waals surface area contributed by atoms with E-state index in [4.69, 9.17) is 4.74 Å². The standard InChI is InChI=1S/C24H24F3N5O3/c1-2-14-12-17(35-11-3-10-24(25,26)27)8-9-18(14)20-13-19(15-4-6-16(33)7-5-15)21(23(34)28-20)22-29-31-32-30-22/h4-9,12,20,33H,2-3,10-11,13H2,1H3,(H,28,34)(H,29,30,31,32)/t20-/m1/s1. The number of tetrazole rings is 1. The number of alkyl halides is 3. The van der Waals surface area contributed by atoms with E-state index in [1.54, 1.807) is 36.4 Å². The van der Waals surface area contributed by atoms with Crippen molar-refractivity contribution in [2.24, 2.45) is 0 Å². The zero-order valence-electron chi connectivity index (χ0n) is 18.9. The predicted molar refractivity (Wildman–Crippen MR) is 121 cm³/mol. The lowest BCUT2D eigenvalue weighted by molar-refractivity contribution is -0.136. The third-order valence-corrected chi connectivity index (χ3v) is 5.77. The number of benzene rings is 2. The Balaban J connectivity index is 1.61. The number of phenolic OH excluding ortho intramolecular Hbond substituents is 1. The molecule has 35 heavy (non-hydrogen) atoms. The van der Waals surface area contributed by atoms with Crippen LogP contribution in [0.25, 0.3) is 11.1 Å². The first-order valence-corrected chi connectivity index (χ1v) is 11.1. The van der Waals surface area contributed by atoms with Gasteiger partial charge in [-0.3, -0.25) is 4.79 Å². The van der Waals surface area contributed by atoms with Crippen molar-refractivity contribution in [1.82, 2.24) is 25.9 Å². The number of halogens is 3. The van der Waals surface area contributed by atoms with E-state index in [2.05, 4.69) is 25.9 Å². The molecule has 0 unspecified atom stereocenters. The number of H-pyrrole nitrogens is 1. The van der Waals surface area contributed by atoms with Gasteiger partial charge in [-0.25, -0.2) is 0 Å². The first-order valence-electron chi connectivity index (χ1n) is 11.1. The average molecular weight is 487 g/mol. The molecule has 0 radical (unpaired) electrons. The molecule has 4 rings (SSSR count). The molecule has 1 atom stereocenters. The molecule has 3 aromatic rings. The van der Waals surface area contributed by atoms with Gasteiger partial charge < -0.3 is 15.2 Å². The third kappa shape index (κ3) is 5.79. The van der Waals surface area contributed by atoms with Gasteiger partial charge in [-0.05, 0) is 71.0 Å². The molecule has 1 aliphatic rings. The number of aromatic hydroxyl groups is 1. The molecule has 8 nitrogen and oxygen atoms in total. The van der Waals surface area contributed by atoms with Gasteiger partial charge in [0.05, 0.1) is 18.2 Å². The topological polar surface area (TPSA) is 113 Å². The highest BCUT2D eigenvalue weighted by Gasteiger charge is 2.32. The fourth-order valence-corrected chi connectivity index (χ4v) is 4.12. The molecule has 3 N–H and O–H groups in total. The van der Waals surface area contributed by atoms with E-state index in [1.807, 2.05) is 13.0 Å². The molecule has 0 spiro atoms. The first-order chi connectivity index (χ1) is 16.7. The lowest BCUT2D eigenvalue weighted by atomic mass is 9.85. The van der Waals surface area contributed by atoms with Crippen LogP contribution in [-0.2, 0) is 11.2 Å². The smallest absolute Gasteiger partial charge is 0.389 e. The zero-order valence-corrected chi connectivity index (χ0v) is 18.9. The normalized spacial score (nSPS) is 16.3. The van der Waals surface area contributed by atoms with Crippen molar-refractivity contribution in [2.75, 3.05) is 6.61 Å². The fraction of sp³-hybridized carbons (Fsp3) is 0.333. The molecule has 2 heterocycles. The van der Waals surface area contributed by atoms with E-state index in [0.29, 0.717) is 29.7 Å². The summed E-state index contributed by atoms with van der Waals surface area (Å²) in [5.74, 6) is 0.394. The zero-order chi connectivity index (χ0) is 25.0. The fourth-order valence-electron chi connectivity index (χ4n) is 4.12. The summed E-state index contributed by atoms with van der Waals surface area (Å²) in [5, 5.41) is 26.6. The first kappa shape index (κ1) is 24.2. The van der Waals surface area contributed by atoms with Gasteiger partial charge in [-0.15, -0.1) is 10.2 Å². The van der Waals surface area contributed by atoms with E-state index in [-0.39, 0.29) is 36.6 Å². The van der Waals surface area contributed by atoms with E-state index in [9.17, 15) is 23.1 Å². The van der Waals surface area contributed by atoms with Crippen LogP contribution in [0.5, 0.6) is 11.5 Å². The van der Waals surface area contributed by atoms with Crippen molar-refractivity contribution in [3.63, 3.8) is 0 Å². The molecule has 1 aliphatic heterocycles. The van der Waals surface area contributed by atoms with Crippen LogP contribution in [0.4, 0.5) is 13.2 Å². The summed E-state index contributed by atoms with van der Waals surface area (Å²) >= 11 is 0. The van der Waals surface area contributed by atoms with Gasteiger partial charge in [0, 0.05) is 6.42 Å². The number of ether oxygens (including phenoxy) is 1. The Morgan fingerprint density at radius 1 is 1.17 bits per heavy atom. The van der Waals surface area contributed by atoms with Crippen molar-refractivity contribution in [2.45, 2.75) is 44.8 Å². The number of carbonyl (C=O) groups excluding carboxylic acids is 1. The largest absolute Gasteiger partial charge is 0.508 e. The number of hydrogen-bond acceptors (Lipinski definition) is 6. The van der Waals surface area contributed by atoms with Crippen LogP contribution < -0.4 is 10.1 Å². The van der Waals surface area contributed by atoms with Crippen molar-refractivity contribution in [3.8, 4) is 11.5 Å². The lowest BCUT2D eigenvalue weighted by Crippen LogP contribution is -2.34. The van der Waals surface area contributed by atoms with E-state index < -0.39 is 12.6 Å². The van der Waals surface area contributed by atoms with Crippen molar-refractivity contribution in [3.05, 3.63) is 65.0 Å². The highest BCUT2D eigenvalue weighted by molar-refractivity contribution is 6.27. The minimum Gasteiger partial charge on any atom is -0.508 e. The molecule has 0 bridgehead atoms. The van der Waals surface area contributed by atoms with Gasteiger partial charge in [0.25, 0.3) is 5.91 Å². The summed E-state index contributed by atoms with van der Waals surface area (Å²) in [7, 11) is 0. The lowest BCUT2D eigenvalue weighted by Gasteiger charge is -2.29. The third-order valence-electron chi connectivity index (χ3n) is 5.77. The van der Waals surface area contributed by atoms with Crippen LogP contribution in [0.3, 0.4) is 0 Å². The van der Waals surface area contributed by atoms with E-state index in [1.165, 1.54) is 0 Å². The second-order valence-corrected chi connectivity index (χ2v) is 8.15. The number of nitrogens with one attached hydrogen (secondary N) is 2. The second kappa shape index (κ2) is 10.2. The Labute approximate surface area is 199 Å². The van der Waals surface area contributed by atoms with Crippen molar-refractivity contribution in [1.29, 1.82) is 0 Å². The Hall–Kier alpha value is -3.89. The van der Waals surface area contributed by atoms with Crippen molar-refractivity contribution >= 4 is 17.1 Å². The molecular weight excluding hydrogens is 463 g/mol. The van der Waals surface area contributed by atoms with E-state index in [0.717, 1.165) is 16.7 Å². The molecule has 2 aromatic carbocycles. The van der Waals surface area contributed by atoms with Crippen LogP contribution in [0.15, 0.2) is 42.5 Å². The number of nitrogens with zero attached hydrogens (tertiary/aromatic N) is 3. The second-order valence-electron chi connectivity index (χ2n) is 8.15. The van der Waals surface area contributed by atoms with Crippen LogP contribution in [0.1, 0.15) is 54.7 Å². The van der Waals surface area contributed by atoms with Gasteiger partial charge >= 0.3 is 6.18 Å². The van der Waals surface area contributed by atoms with Crippen LogP contribution in [0.2, 0.25) is 0 Å². The highest BCUT2D eigenvalue weighted by atomic mass is 19.4. The summed E-state index contributed by atoms with van der Waals surface area (Å²) < 4.78 is 42.6. The summed E-state index contributed by atoms with van der Waals surface area (Å²) in [6.07, 6.45) is -4.15. The Morgan fingerprint density at radius 2 is 1.94 bits per heavy atom. The monoisotopic (exact) mass is 487 g/mol. The molecule has 184 valence electrons. The van der Waals surface area contributed by atoms with Gasteiger partial charge in [-0.2, -0.15) is 18.4 Å². The number of aryl methyl sites for hydroxylation is 1. The Morgan fingerprint density at radius 3 is 2.60 bits per heavy atom. The Bertz CT molecular complexity index is 1210. The minimum atomic E-state index is -4.20. The number of aromatic nitrogens is 4. The number of carbonyl (C=O) groups is 1. The summed E-state index contributed by atoms with van der Waals surface area (Å²) in [6.45, 7) is 1.92. The maximum Gasteiger partial charge on any atom is 0.389 e. The van der Waals surface area contributed by atoms with Crippen LogP contribution in [0, 0.1) is 0 Å². The molecule has 1 aromatic heterocycles. The Kier molecular flexibility index (Phi) is 7.04. The number of aromatic amines is 1. The molecule has 0 saturated heterocycles. The molecule has 0 aliphatic carbocycles. The quantitative estimate of drug-likeness (QED) is 0.407. The minimum absolute atomic E-state index is 0.0377. The summed E-state index contributed by atoms with van der Waals surface area (Å²) in [6, 6.07) is 11.5. The SMILES string of the molecule is CCc1cc(OCCCC(F)(F)F)ccc1[C@H]1CC(c2ccc(O)cc2)=C(c2nn[nH]n2)C(=O)N1. The van der Waals surface area contributed by atoms with Gasteiger partial charge in [-0.1, -0.05) is 25.1 Å². The van der Waals surface area contributed by atoms with Crippen LogP contribution >= 0.6 is 0 Å². The highest BCUT2D eigenvalue weighted by Crippen LogP contribution is 2.39. The maximum absolute atomic E-state index is 13.2. The molecule has 11 heteroatoms. The van der Waals surface area contributed by atoms with E-state index >= 15 is 0 Å². The van der Waals surface area contributed by atoms with Gasteiger partial charge in [0.1, 0.15) is 11.5 Å². The number of rotatable bonds is 8.